The Kier molecular flexibility index (Phi) is 10.8. The second-order valence-corrected chi connectivity index (χ2v) is 5.96. The molecule has 7 heteroatoms. The van der Waals surface area contributed by atoms with E-state index in [0.29, 0.717) is 25.2 Å². The van der Waals surface area contributed by atoms with Crippen molar-refractivity contribution >= 4 is 18.0 Å². The summed E-state index contributed by atoms with van der Waals surface area (Å²) in [7, 11) is 0. The van der Waals surface area contributed by atoms with Crippen molar-refractivity contribution < 1.29 is 29.0 Å². The van der Waals surface area contributed by atoms with Gasteiger partial charge in [-0.05, 0) is 24.7 Å². The summed E-state index contributed by atoms with van der Waals surface area (Å²) in [6.07, 6.45) is 0.339. The van der Waals surface area contributed by atoms with Crippen LogP contribution < -0.4 is 5.32 Å². The molecule has 0 aromatic heterocycles. The van der Waals surface area contributed by atoms with Crippen LogP contribution >= 0.6 is 0 Å². The normalized spacial score (nSPS) is 13.3. The molecule has 0 radical (unpaired) electrons. The lowest BCUT2D eigenvalue weighted by atomic mass is 9.94. The summed E-state index contributed by atoms with van der Waals surface area (Å²) in [6.45, 7) is 7.79. The van der Waals surface area contributed by atoms with E-state index in [1.807, 2.05) is 20.8 Å². The molecule has 0 heterocycles. The van der Waals surface area contributed by atoms with Gasteiger partial charge in [0.05, 0.1) is 0 Å². The van der Waals surface area contributed by atoms with Gasteiger partial charge < -0.3 is 19.9 Å². The van der Waals surface area contributed by atoms with E-state index in [1.54, 1.807) is 6.92 Å². The number of carboxylic acid groups (broad SMARTS) is 1. The van der Waals surface area contributed by atoms with Crippen LogP contribution in [0.1, 0.15) is 59.8 Å². The highest BCUT2D eigenvalue weighted by Gasteiger charge is 2.19. The van der Waals surface area contributed by atoms with Gasteiger partial charge in [0.2, 0.25) is 6.29 Å². The van der Waals surface area contributed by atoms with Gasteiger partial charge in [0, 0.05) is 25.8 Å². The smallest absolute Gasteiger partial charge is 0.410 e. The molecule has 0 bridgehead atoms. The van der Waals surface area contributed by atoms with Gasteiger partial charge in [-0.15, -0.1) is 0 Å². The van der Waals surface area contributed by atoms with Crippen molar-refractivity contribution in [2.24, 2.45) is 11.8 Å². The number of carboxylic acids is 1. The number of nitrogens with one attached hydrogen (secondary N) is 1. The van der Waals surface area contributed by atoms with Gasteiger partial charge in [-0.25, -0.2) is 4.79 Å². The van der Waals surface area contributed by atoms with Crippen LogP contribution in [0.4, 0.5) is 4.79 Å². The third kappa shape index (κ3) is 11.4. The fourth-order valence-corrected chi connectivity index (χ4v) is 2.14. The maximum absolute atomic E-state index is 11.8. The highest BCUT2D eigenvalue weighted by atomic mass is 16.7. The SMILES string of the molecule is CCCC(=O)OC(CC)OC(=O)NCC(CC(=O)O)CC(C)C. The molecule has 0 saturated carbocycles. The number of alkyl carbamates (subject to hydrolysis) is 1. The summed E-state index contributed by atoms with van der Waals surface area (Å²) < 4.78 is 10.1. The second-order valence-electron chi connectivity index (χ2n) is 5.96. The summed E-state index contributed by atoms with van der Waals surface area (Å²) in [4.78, 5) is 34.0. The van der Waals surface area contributed by atoms with Gasteiger partial charge >= 0.3 is 18.0 Å². The minimum atomic E-state index is -0.919. The van der Waals surface area contributed by atoms with Crippen molar-refractivity contribution in [2.75, 3.05) is 6.54 Å². The summed E-state index contributed by atoms with van der Waals surface area (Å²) in [5.74, 6) is -1.14. The molecular weight excluding hydrogens is 302 g/mol. The lowest BCUT2D eigenvalue weighted by molar-refractivity contribution is -0.168. The van der Waals surface area contributed by atoms with Crippen molar-refractivity contribution in [3.63, 3.8) is 0 Å². The fraction of sp³-hybridized carbons (Fsp3) is 0.812. The van der Waals surface area contributed by atoms with E-state index in [2.05, 4.69) is 5.32 Å². The zero-order chi connectivity index (χ0) is 17.8. The van der Waals surface area contributed by atoms with Gasteiger partial charge in [0.15, 0.2) is 0 Å². The Morgan fingerprint density at radius 2 is 1.78 bits per heavy atom. The summed E-state index contributed by atoms with van der Waals surface area (Å²) in [6, 6.07) is 0. The van der Waals surface area contributed by atoms with Crippen LogP contribution in [0.15, 0.2) is 0 Å². The molecule has 7 nitrogen and oxygen atoms in total. The summed E-state index contributed by atoms with van der Waals surface area (Å²) >= 11 is 0. The zero-order valence-corrected chi connectivity index (χ0v) is 14.5. The molecule has 0 aliphatic heterocycles. The molecule has 0 aromatic carbocycles. The maximum atomic E-state index is 11.8. The Hall–Kier alpha value is -1.79. The van der Waals surface area contributed by atoms with Crippen molar-refractivity contribution in [3.05, 3.63) is 0 Å². The van der Waals surface area contributed by atoms with Crippen LogP contribution in [0.3, 0.4) is 0 Å². The molecule has 2 atom stereocenters. The van der Waals surface area contributed by atoms with E-state index in [-0.39, 0.29) is 25.3 Å². The molecule has 134 valence electrons. The monoisotopic (exact) mass is 331 g/mol. The maximum Gasteiger partial charge on any atom is 0.410 e. The molecule has 0 aliphatic rings. The van der Waals surface area contributed by atoms with Gasteiger partial charge in [-0.1, -0.05) is 27.7 Å². The van der Waals surface area contributed by atoms with E-state index >= 15 is 0 Å². The van der Waals surface area contributed by atoms with Crippen LogP contribution in [0, 0.1) is 11.8 Å². The fourth-order valence-electron chi connectivity index (χ4n) is 2.14. The third-order valence-electron chi connectivity index (χ3n) is 3.09. The highest BCUT2D eigenvalue weighted by molar-refractivity contribution is 5.70. The van der Waals surface area contributed by atoms with Crippen molar-refractivity contribution in [2.45, 2.75) is 66.1 Å². The van der Waals surface area contributed by atoms with E-state index in [1.165, 1.54) is 0 Å². The highest BCUT2D eigenvalue weighted by Crippen LogP contribution is 2.15. The first-order valence-electron chi connectivity index (χ1n) is 8.14. The number of hydrogen-bond acceptors (Lipinski definition) is 5. The predicted molar refractivity (Wildman–Crippen MR) is 84.8 cm³/mol. The van der Waals surface area contributed by atoms with Crippen molar-refractivity contribution in [1.82, 2.24) is 5.32 Å². The Labute approximate surface area is 137 Å². The molecule has 0 fully saturated rings. The average molecular weight is 331 g/mol. The minimum absolute atomic E-state index is 0.0127. The number of aliphatic carboxylic acids is 1. The second kappa shape index (κ2) is 11.7. The number of ether oxygens (including phenoxy) is 2. The van der Waals surface area contributed by atoms with Crippen LogP contribution in [0.25, 0.3) is 0 Å². The molecule has 0 spiro atoms. The van der Waals surface area contributed by atoms with E-state index in [0.717, 1.165) is 0 Å². The Balaban J connectivity index is 4.32. The number of esters is 1. The first-order chi connectivity index (χ1) is 10.8. The predicted octanol–water partition coefficient (Wildman–Crippen LogP) is 2.93. The number of rotatable bonds is 11. The molecule has 0 rings (SSSR count). The number of hydrogen-bond donors (Lipinski definition) is 2. The Morgan fingerprint density at radius 3 is 2.26 bits per heavy atom. The summed E-state index contributed by atoms with van der Waals surface area (Å²) in [5, 5.41) is 11.4. The molecule has 2 unspecified atom stereocenters. The van der Waals surface area contributed by atoms with Gasteiger partial charge in [0.1, 0.15) is 0 Å². The Morgan fingerprint density at radius 1 is 1.13 bits per heavy atom. The van der Waals surface area contributed by atoms with Crippen LogP contribution in [-0.4, -0.2) is 36.0 Å². The average Bonchev–Trinajstić information content (AvgIpc) is 2.43. The molecule has 0 aromatic rings. The van der Waals surface area contributed by atoms with E-state index in [9.17, 15) is 14.4 Å². The van der Waals surface area contributed by atoms with Crippen molar-refractivity contribution in [1.29, 1.82) is 0 Å². The molecule has 0 saturated heterocycles. The minimum Gasteiger partial charge on any atom is -0.481 e. The first-order valence-corrected chi connectivity index (χ1v) is 8.14. The third-order valence-corrected chi connectivity index (χ3v) is 3.09. The lowest BCUT2D eigenvalue weighted by Gasteiger charge is -2.20. The molecule has 1 amide bonds. The largest absolute Gasteiger partial charge is 0.481 e. The summed E-state index contributed by atoms with van der Waals surface area (Å²) in [5.41, 5.74) is 0. The quantitative estimate of drug-likeness (QED) is 0.446. The standard InChI is InChI=1S/C16H29NO6/c1-5-7-14(20)22-15(6-2)23-16(21)17-10-12(8-11(3)4)9-13(18)19/h11-12,15H,5-10H2,1-4H3,(H,17,21)(H,18,19). The number of carbonyl (C=O) groups excluding carboxylic acids is 2. The Bertz CT molecular complexity index is 383. The van der Waals surface area contributed by atoms with Crippen LogP contribution in [0.5, 0.6) is 0 Å². The topological polar surface area (TPSA) is 102 Å². The van der Waals surface area contributed by atoms with E-state index in [4.69, 9.17) is 14.6 Å². The molecular formula is C16H29NO6. The molecule has 23 heavy (non-hydrogen) atoms. The number of carbonyl (C=O) groups is 3. The van der Waals surface area contributed by atoms with Gasteiger partial charge in [0.25, 0.3) is 0 Å². The van der Waals surface area contributed by atoms with Crippen LogP contribution in [-0.2, 0) is 19.1 Å². The number of amides is 1. The van der Waals surface area contributed by atoms with Crippen molar-refractivity contribution in [3.8, 4) is 0 Å². The molecule has 0 aliphatic carbocycles. The zero-order valence-electron chi connectivity index (χ0n) is 14.5. The molecule has 2 N–H and O–H groups in total. The van der Waals surface area contributed by atoms with Gasteiger partial charge in [-0.2, -0.15) is 0 Å². The lowest BCUT2D eigenvalue weighted by Crippen LogP contribution is -2.35. The van der Waals surface area contributed by atoms with Crippen LogP contribution in [0.2, 0.25) is 0 Å². The van der Waals surface area contributed by atoms with Gasteiger partial charge in [-0.3, -0.25) is 9.59 Å². The van der Waals surface area contributed by atoms with E-state index < -0.39 is 24.3 Å². The first kappa shape index (κ1) is 21.2.